The van der Waals surface area contributed by atoms with Crippen molar-refractivity contribution in [1.29, 1.82) is 5.41 Å². The summed E-state index contributed by atoms with van der Waals surface area (Å²) in [6.07, 6.45) is 0. The first kappa shape index (κ1) is 15.5. The second-order valence-corrected chi connectivity index (χ2v) is 5.87. The molecular formula is C16H27N3. The largest absolute Gasteiger partial charge is 0.349 e. The van der Waals surface area contributed by atoms with Crippen LogP contribution in [0.4, 0.5) is 5.69 Å². The van der Waals surface area contributed by atoms with E-state index in [0.29, 0.717) is 17.8 Å². The Morgan fingerprint density at radius 2 is 1.37 bits per heavy atom. The van der Waals surface area contributed by atoms with Crippen molar-refractivity contribution in [3.05, 3.63) is 29.3 Å². The van der Waals surface area contributed by atoms with Gasteiger partial charge < -0.3 is 9.80 Å². The lowest BCUT2D eigenvalue weighted by Crippen LogP contribution is -2.38. The van der Waals surface area contributed by atoms with E-state index in [0.717, 1.165) is 0 Å². The van der Waals surface area contributed by atoms with Crippen LogP contribution >= 0.6 is 0 Å². The first-order valence-corrected chi connectivity index (χ1v) is 6.89. The molecule has 0 heterocycles. The van der Waals surface area contributed by atoms with E-state index in [4.69, 9.17) is 5.41 Å². The first-order chi connectivity index (χ1) is 8.77. The van der Waals surface area contributed by atoms with Crippen LogP contribution in [0.1, 0.15) is 50.7 Å². The van der Waals surface area contributed by atoms with Gasteiger partial charge in [-0.25, -0.2) is 0 Å². The number of rotatable bonds is 3. The molecule has 0 spiro atoms. The predicted molar refractivity (Wildman–Crippen MR) is 84.4 cm³/mol. The van der Waals surface area contributed by atoms with Crippen LogP contribution in [0.2, 0.25) is 0 Å². The molecule has 0 bridgehead atoms. The Bertz CT molecular complexity index is 421. The van der Waals surface area contributed by atoms with Gasteiger partial charge in [-0.2, -0.15) is 0 Å². The molecule has 0 aromatic heterocycles. The number of nitrogens with one attached hydrogen (secondary N) is 1. The van der Waals surface area contributed by atoms with E-state index in [2.05, 4.69) is 45.9 Å². The molecule has 0 amide bonds. The van der Waals surface area contributed by atoms with Crippen LogP contribution in [0.3, 0.4) is 0 Å². The second kappa shape index (κ2) is 6.09. The average Bonchev–Trinajstić information content (AvgIpc) is 2.35. The Balaban J connectivity index is 3.40. The molecule has 1 N–H and O–H groups in total. The molecule has 0 aliphatic rings. The van der Waals surface area contributed by atoms with Crippen molar-refractivity contribution in [3.63, 3.8) is 0 Å². The van der Waals surface area contributed by atoms with E-state index in [-0.39, 0.29) is 0 Å². The monoisotopic (exact) mass is 261 g/mol. The highest BCUT2D eigenvalue weighted by Gasteiger charge is 2.20. The quantitative estimate of drug-likeness (QED) is 0.661. The van der Waals surface area contributed by atoms with Gasteiger partial charge in [0.05, 0.1) is 5.69 Å². The smallest absolute Gasteiger partial charge is 0.197 e. The molecule has 1 aromatic carbocycles. The minimum atomic E-state index is 0.450. The van der Waals surface area contributed by atoms with Gasteiger partial charge in [0.2, 0.25) is 0 Å². The molecule has 3 nitrogen and oxygen atoms in total. The number of hydrogen-bond donors (Lipinski definition) is 1. The van der Waals surface area contributed by atoms with Crippen LogP contribution < -0.4 is 4.90 Å². The molecule has 0 aliphatic heterocycles. The highest BCUT2D eigenvalue weighted by atomic mass is 15.3. The molecule has 3 heteroatoms. The first-order valence-electron chi connectivity index (χ1n) is 6.89. The minimum absolute atomic E-state index is 0.450. The maximum Gasteiger partial charge on any atom is 0.197 e. The van der Waals surface area contributed by atoms with E-state index in [1.54, 1.807) is 0 Å². The van der Waals surface area contributed by atoms with Crippen molar-refractivity contribution in [2.45, 2.75) is 39.5 Å². The number of guanidine groups is 1. The molecular weight excluding hydrogens is 234 g/mol. The third kappa shape index (κ3) is 3.28. The lowest BCUT2D eigenvalue weighted by molar-refractivity contribution is 0.602. The molecule has 0 fully saturated rings. The van der Waals surface area contributed by atoms with Crippen LogP contribution in [0.5, 0.6) is 0 Å². The number of anilines is 1. The Kier molecular flexibility index (Phi) is 4.98. The van der Waals surface area contributed by atoms with Crippen LogP contribution in [0.25, 0.3) is 0 Å². The van der Waals surface area contributed by atoms with Gasteiger partial charge in [-0.3, -0.25) is 5.41 Å². The SMILES string of the molecule is CC(C)c1cccc(C(C)C)c1N(C)C(=N)N(C)C. The third-order valence-corrected chi connectivity index (χ3v) is 3.42. The summed E-state index contributed by atoms with van der Waals surface area (Å²) >= 11 is 0. The lowest BCUT2D eigenvalue weighted by Gasteiger charge is -2.31. The average molecular weight is 261 g/mol. The van der Waals surface area contributed by atoms with Crippen molar-refractivity contribution >= 4 is 11.6 Å². The van der Waals surface area contributed by atoms with Gasteiger partial charge in [-0.15, -0.1) is 0 Å². The van der Waals surface area contributed by atoms with Gasteiger partial charge in [0.15, 0.2) is 5.96 Å². The van der Waals surface area contributed by atoms with Gasteiger partial charge in [0, 0.05) is 21.1 Å². The van der Waals surface area contributed by atoms with Gasteiger partial charge in [0.1, 0.15) is 0 Å². The van der Waals surface area contributed by atoms with Crippen molar-refractivity contribution in [2.75, 3.05) is 26.0 Å². The Labute approximate surface area is 117 Å². The van der Waals surface area contributed by atoms with Gasteiger partial charge in [-0.1, -0.05) is 45.9 Å². The zero-order chi connectivity index (χ0) is 14.7. The Morgan fingerprint density at radius 1 is 0.947 bits per heavy atom. The number of hydrogen-bond acceptors (Lipinski definition) is 1. The standard InChI is InChI=1S/C16H27N3/c1-11(2)13-9-8-10-14(12(3)4)15(13)19(7)16(17)18(5)6/h8-12,17H,1-7H3. The molecule has 0 atom stereocenters. The molecule has 1 aromatic rings. The molecule has 0 saturated heterocycles. The van der Waals surface area contributed by atoms with Crippen LogP contribution in [-0.2, 0) is 0 Å². The predicted octanol–water partition coefficient (Wildman–Crippen LogP) is 3.87. The fraction of sp³-hybridized carbons (Fsp3) is 0.562. The second-order valence-electron chi connectivity index (χ2n) is 5.87. The highest BCUT2D eigenvalue weighted by Crippen LogP contribution is 2.34. The molecule has 0 radical (unpaired) electrons. The summed E-state index contributed by atoms with van der Waals surface area (Å²) < 4.78 is 0. The topological polar surface area (TPSA) is 30.3 Å². The number of benzene rings is 1. The summed E-state index contributed by atoms with van der Waals surface area (Å²) in [7, 11) is 5.80. The highest BCUT2D eigenvalue weighted by molar-refractivity contribution is 5.94. The van der Waals surface area contributed by atoms with Crippen molar-refractivity contribution in [3.8, 4) is 0 Å². The van der Waals surface area contributed by atoms with Crippen molar-refractivity contribution in [1.82, 2.24) is 4.90 Å². The summed E-state index contributed by atoms with van der Waals surface area (Å²) in [6, 6.07) is 6.47. The van der Waals surface area contributed by atoms with Crippen molar-refractivity contribution < 1.29 is 0 Å². The Morgan fingerprint density at radius 3 is 1.68 bits per heavy atom. The number of para-hydroxylation sites is 1. The molecule has 1 rings (SSSR count). The van der Waals surface area contributed by atoms with Gasteiger partial charge in [-0.05, 0) is 23.0 Å². The zero-order valence-electron chi connectivity index (χ0n) is 13.3. The fourth-order valence-corrected chi connectivity index (χ4v) is 2.30. The van der Waals surface area contributed by atoms with Crippen LogP contribution in [-0.4, -0.2) is 32.0 Å². The van der Waals surface area contributed by atoms with E-state index in [1.165, 1.54) is 16.8 Å². The van der Waals surface area contributed by atoms with E-state index < -0.39 is 0 Å². The summed E-state index contributed by atoms with van der Waals surface area (Å²) in [5, 5.41) is 8.21. The normalized spacial score (nSPS) is 11.0. The maximum absolute atomic E-state index is 8.21. The molecule has 106 valence electrons. The summed E-state index contributed by atoms with van der Waals surface area (Å²) in [4.78, 5) is 3.83. The summed E-state index contributed by atoms with van der Waals surface area (Å²) in [6.45, 7) is 8.82. The summed E-state index contributed by atoms with van der Waals surface area (Å²) in [5.41, 5.74) is 3.80. The molecule has 19 heavy (non-hydrogen) atoms. The molecule has 0 aliphatic carbocycles. The summed E-state index contributed by atoms with van der Waals surface area (Å²) in [5.74, 6) is 1.41. The van der Waals surface area contributed by atoms with Crippen molar-refractivity contribution in [2.24, 2.45) is 0 Å². The van der Waals surface area contributed by atoms with E-state index in [1.807, 2.05) is 30.9 Å². The molecule has 0 unspecified atom stereocenters. The van der Waals surface area contributed by atoms with Crippen LogP contribution in [0, 0.1) is 5.41 Å². The van der Waals surface area contributed by atoms with E-state index in [9.17, 15) is 0 Å². The third-order valence-electron chi connectivity index (χ3n) is 3.42. The van der Waals surface area contributed by atoms with Crippen LogP contribution in [0.15, 0.2) is 18.2 Å². The zero-order valence-corrected chi connectivity index (χ0v) is 13.3. The molecule has 0 saturated carbocycles. The Hall–Kier alpha value is -1.51. The minimum Gasteiger partial charge on any atom is -0.349 e. The van der Waals surface area contributed by atoms with E-state index >= 15 is 0 Å². The fourth-order valence-electron chi connectivity index (χ4n) is 2.30. The lowest BCUT2D eigenvalue weighted by atomic mass is 9.92. The van der Waals surface area contributed by atoms with Gasteiger partial charge >= 0.3 is 0 Å². The maximum atomic E-state index is 8.21. The number of nitrogens with zero attached hydrogens (tertiary/aromatic N) is 2. The van der Waals surface area contributed by atoms with Gasteiger partial charge in [0.25, 0.3) is 0 Å².